The Labute approximate surface area is 92.0 Å². The Morgan fingerprint density at radius 1 is 1.47 bits per heavy atom. The summed E-state index contributed by atoms with van der Waals surface area (Å²) in [5, 5.41) is 11.4. The predicted octanol–water partition coefficient (Wildman–Crippen LogP) is 0.936. The fraction of sp³-hybridized carbons (Fsp3) is 0.909. The van der Waals surface area contributed by atoms with E-state index in [0.29, 0.717) is 18.9 Å². The van der Waals surface area contributed by atoms with Gasteiger partial charge in [-0.3, -0.25) is 4.79 Å². The molecule has 4 heteroatoms. The number of rotatable bonds is 8. The molecule has 0 aromatic heterocycles. The van der Waals surface area contributed by atoms with Gasteiger partial charge in [0, 0.05) is 13.2 Å². The molecule has 0 bridgehead atoms. The summed E-state index contributed by atoms with van der Waals surface area (Å²) in [4.78, 5) is 11.3. The van der Waals surface area contributed by atoms with Crippen LogP contribution in [-0.4, -0.2) is 36.9 Å². The van der Waals surface area contributed by atoms with Crippen LogP contribution in [0.3, 0.4) is 0 Å². The van der Waals surface area contributed by atoms with Gasteiger partial charge >= 0.3 is 0 Å². The predicted molar refractivity (Wildman–Crippen MR) is 59.6 cm³/mol. The van der Waals surface area contributed by atoms with Gasteiger partial charge in [0.05, 0.1) is 6.10 Å². The fourth-order valence-corrected chi connectivity index (χ4v) is 0.997. The number of amides is 1. The number of ether oxygens (including phenoxy) is 1. The third kappa shape index (κ3) is 8.39. The first-order chi connectivity index (χ1) is 7.10. The number of aliphatic hydroxyl groups is 1. The molecule has 0 heterocycles. The molecule has 0 saturated heterocycles. The van der Waals surface area contributed by atoms with Gasteiger partial charge < -0.3 is 15.2 Å². The maximum absolute atomic E-state index is 11.3. The molecule has 0 spiro atoms. The Hall–Kier alpha value is -0.610. The van der Waals surface area contributed by atoms with Gasteiger partial charge in [0.2, 0.25) is 5.91 Å². The highest BCUT2D eigenvalue weighted by Crippen LogP contribution is 1.98. The second-order valence-electron chi connectivity index (χ2n) is 3.95. The maximum Gasteiger partial charge on any atom is 0.246 e. The molecule has 0 fully saturated rings. The Bertz CT molecular complexity index is 173. The van der Waals surface area contributed by atoms with E-state index in [1.807, 2.05) is 20.8 Å². The molecular weight excluding hydrogens is 194 g/mol. The van der Waals surface area contributed by atoms with Crippen molar-refractivity contribution in [1.82, 2.24) is 5.32 Å². The Balaban J connectivity index is 3.48. The van der Waals surface area contributed by atoms with Gasteiger partial charge in [-0.25, -0.2) is 0 Å². The molecule has 0 rings (SSSR count). The fourth-order valence-electron chi connectivity index (χ4n) is 0.997. The van der Waals surface area contributed by atoms with Crippen molar-refractivity contribution in [2.24, 2.45) is 5.92 Å². The Morgan fingerprint density at radius 2 is 2.13 bits per heavy atom. The number of carbonyl (C=O) groups is 1. The monoisotopic (exact) mass is 217 g/mol. The van der Waals surface area contributed by atoms with E-state index in [9.17, 15) is 4.79 Å². The molecular formula is C11H23NO3. The van der Waals surface area contributed by atoms with Gasteiger partial charge in [0.25, 0.3) is 0 Å². The molecule has 0 aromatic carbocycles. The third-order valence-electron chi connectivity index (χ3n) is 2.34. The topological polar surface area (TPSA) is 58.6 Å². The summed E-state index contributed by atoms with van der Waals surface area (Å²) in [7, 11) is 0. The SMILES string of the molecule is CCC(C)OCC(=O)NCC(C)CCO. The molecule has 0 aliphatic heterocycles. The van der Waals surface area contributed by atoms with Crippen molar-refractivity contribution in [2.45, 2.75) is 39.7 Å². The van der Waals surface area contributed by atoms with Crippen LogP contribution in [0.4, 0.5) is 0 Å². The third-order valence-corrected chi connectivity index (χ3v) is 2.34. The van der Waals surface area contributed by atoms with Crippen molar-refractivity contribution in [3.05, 3.63) is 0 Å². The normalized spacial score (nSPS) is 14.7. The largest absolute Gasteiger partial charge is 0.396 e. The van der Waals surface area contributed by atoms with E-state index in [2.05, 4.69) is 5.32 Å². The van der Waals surface area contributed by atoms with Crippen molar-refractivity contribution >= 4 is 5.91 Å². The van der Waals surface area contributed by atoms with Crippen LogP contribution in [0.15, 0.2) is 0 Å². The molecule has 4 nitrogen and oxygen atoms in total. The summed E-state index contributed by atoms with van der Waals surface area (Å²) in [5.74, 6) is 0.225. The number of hydrogen-bond acceptors (Lipinski definition) is 3. The molecule has 0 aromatic rings. The Morgan fingerprint density at radius 3 is 2.67 bits per heavy atom. The minimum Gasteiger partial charge on any atom is -0.396 e. The van der Waals surface area contributed by atoms with E-state index in [0.717, 1.165) is 6.42 Å². The van der Waals surface area contributed by atoms with Crippen LogP contribution in [0, 0.1) is 5.92 Å². The number of carbonyl (C=O) groups excluding carboxylic acids is 1. The van der Waals surface area contributed by atoms with E-state index in [-0.39, 0.29) is 25.2 Å². The summed E-state index contributed by atoms with van der Waals surface area (Å²) in [6.07, 6.45) is 1.76. The minimum absolute atomic E-state index is 0.0833. The zero-order valence-corrected chi connectivity index (χ0v) is 9.95. The van der Waals surface area contributed by atoms with Crippen molar-refractivity contribution in [1.29, 1.82) is 0 Å². The molecule has 2 unspecified atom stereocenters. The first-order valence-electron chi connectivity index (χ1n) is 5.59. The number of aliphatic hydroxyl groups excluding tert-OH is 1. The number of nitrogens with one attached hydrogen (secondary N) is 1. The summed E-state index contributed by atoms with van der Waals surface area (Å²) in [6, 6.07) is 0. The highest BCUT2D eigenvalue weighted by Gasteiger charge is 2.06. The minimum atomic E-state index is -0.0833. The van der Waals surface area contributed by atoms with Crippen LogP contribution < -0.4 is 5.32 Å². The lowest BCUT2D eigenvalue weighted by Gasteiger charge is -2.13. The van der Waals surface area contributed by atoms with Crippen LogP contribution in [0.1, 0.15) is 33.6 Å². The van der Waals surface area contributed by atoms with Crippen molar-refractivity contribution in [3.63, 3.8) is 0 Å². The van der Waals surface area contributed by atoms with Gasteiger partial charge in [0.1, 0.15) is 6.61 Å². The first-order valence-corrected chi connectivity index (χ1v) is 5.59. The quantitative estimate of drug-likeness (QED) is 0.636. The molecule has 2 N–H and O–H groups in total. The van der Waals surface area contributed by atoms with Gasteiger partial charge in [-0.2, -0.15) is 0 Å². The van der Waals surface area contributed by atoms with Crippen molar-refractivity contribution in [3.8, 4) is 0 Å². The Kier molecular flexibility index (Phi) is 8.33. The molecule has 0 aliphatic carbocycles. The summed E-state index contributed by atoms with van der Waals surface area (Å²) >= 11 is 0. The zero-order chi connectivity index (χ0) is 11.7. The lowest BCUT2D eigenvalue weighted by atomic mass is 10.1. The van der Waals surface area contributed by atoms with Gasteiger partial charge in [-0.15, -0.1) is 0 Å². The van der Waals surface area contributed by atoms with Crippen LogP contribution in [-0.2, 0) is 9.53 Å². The average molecular weight is 217 g/mol. The molecule has 1 amide bonds. The molecule has 0 radical (unpaired) electrons. The summed E-state index contributed by atoms with van der Waals surface area (Å²) in [6.45, 7) is 6.85. The van der Waals surface area contributed by atoms with Crippen LogP contribution in [0.25, 0.3) is 0 Å². The molecule has 15 heavy (non-hydrogen) atoms. The van der Waals surface area contributed by atoms with Gasteiger partial charge in [-0.1, -0.05) is 13.8 Å². The number of hydrogen-bond donors (Lipinski definition) is 2. The van der Waals surface area contributed by atoms with Gasteiger partial charge in [-0.05, 0) is 25.7 Å². The molecule has 0 saturated carbocycles. The second kappa shape index (κ2) is 8.68. The van der Waals surface area contributed by atoms with Crippen molar-refractivity contribution in [2.75, 3.05) is 19.8 Å². The van der Waals surface area contributed by atoms with E-state index in [4.69, 9.17) is 9.84 Å². The smallest absolute Gasteiger partial charge is 0.246 e. The van der Waals surface area contributed by atoms with Gasteiger partial charge in [0.15, 0.2) is 0 Å². The lowest BCUT2D eigenvalue weighted by Crippen LogP contribution is -2.32. The van der Waals surface area contributed by atoms with E-state index in [1.54, 1.807) is 0 Å². The van der Waals surface area contributed by atoms with Crippen LogP contribution in [0.5, 0.6) is 0 Å². The molecule has 90 valence electrons. The standard InChI is InChI=1S/C11H23NO3/c1-4-10(3)15-8-11(14)12-7-9(2)5-6-13/h9-10,13H,4-8H2,1-3H3,(H,12,14). The maximum atomic E-state index is 11.3. The van der Waals surface area contributed by atoms with Crippen LogP contribution >= 0.6 is 0 Å². The zero-order valence-electron chi connectivity index (χ0n) is 9.95. The second-order valence-corrected chi connectivity index (χ2v) is 3.95. The van der Waals surface area contributed by atoms with E-state index in [1.165, 1.54) is 0 Å². The lowest BCUT2D eigenvalue weighted by molar-refractivity contribution is -0.127. The van der Waals surface area contributed by atoms with Crippen LogP contribution in [0.2, 0.25) is 0 Å². The average Bonchev–Trinajstić information content (AvgIpc) is 2.23. The van der Waals surface area contributed by atoms with E-state index >= 15 is 0 Å². The summed E-state index contributed by atoms with van der Waals surface area (Å²) < 4.78 is 5.28. The molecule has 2 atom stereocenters. The first kappa shape index (κ1) is 14.4. The molecule has 0 aliphatic rings. The highest BCUT2D eigenvalue weighted by molar-refractivity contribution is 5.77. The highest BCUT2D eigenvalue weighted by atomic mass is 16.5. The van der Waals surface area contributed by atoms with Crippen molar-refractivity contribution < 1.29 is 14.6 Å². The summed E-state index contributed by atoms with van der Waals surface area (Å²) in [5.41, 5.74) is 0. The van der Waals surface area contributed by atoms with E-state index < -0.39 is 0 Å².